The van der Waals surface area contributed by atoms with Crippen LogP contribution in [-0.2, 0) is 20.7 Å². The summed E-state index contributed by atoms with van der Waals surface area (Å²) in [6, 6.07) is -0.779. The summed E-state index contributed by atoms with van der Waals surface area (Å²) in [5.74, 6) is -0.513. The first-order chi connectivity index (χ1) is 9.24. The highest BCUT2D eigenvalue weighted by Gasteiger charge is 2.31. The van der Waals surface area contributed by atoms with Gasteiger partial charge < -0.3 is 14.5 Å². The summed E-state index contributed by atoms with van der Waals surface area (Å²) >= 11 is 0. The molecule has 0 aliphatic rings. The maximum Gasteiger partial charge on any atom is 0.410 e. The first kappa shape index (κ1) is 16.0. The molecule has 0 saturated carbocycles. The van der Waals surface area contributed by atoms with E-state index in [0.717, 1.165) is 0 Å². The molecule has 0 saturated heterocycles. The molecule has 0 unspecified atom stereocenters. The highest BCUT2D eigenvalue weighted by Crippen LogP contribution is 2.13. The van der Waals surface area contributed by atoms with Gasteiger partial charge in [-0.2, -0.15) is 0 Å². The molecule has 1 N–H and O–H groups in total. The summed E-state index contributed by atoms with van der Waals surface area (Å²) < 4.78 is 9.98. The molecule has 0 fully saturated rings. The molecule has 1 aromatic rings. The zero-order valence-electron chi connectivity index (χ0n) is 12.5. The third kappa shape index (κ3) is 4.56. The number of ether oxygens (including phenoxy) is 2. The molecule has 1 aromatic heterocycles. The van der Waals surface area contributed by atoms with E-state index in [0.29, 0.717) is 5.69 Å². The summed E-state index contributed by atoms with van der Waals surface area (Å²) in [5.41, 5.74) is 0.0361. The molecule has 112 valence electrons. The van der Waals surface area contributed by atoms with Gasteiger partial charge in [-0.3, -0.25) is 4.90 Å². The second-order valence-corrected chi connectivity index (χ2v) is 5.39. The number of hydrogen-bond donors (Lipinski definition) is 1. The Labute approximate surface area is 118 Å². The fourth-order valence-corrected chi connectivity index (χ4v) is 1.58. The smallest absolute Gasteiger partial charge is 0.410 e. The van der Waals surface area contributed by atoms with E-state index in [1.165, 1.54) is 25.4 Å². The number of methoxy groups -OCH3 is 1. The lowest BCUT2D eigenvalue weighted by Crippen LogP contribution is -2.46. The number of nitrogens with one attached hydrogen (secondary N) is 1. The minimum atomic E-state index is -0.779. The van der Waals surface area contributed by atoms with E-state index < -0.39 is 23.7 Å². The molecule has 1 amide bonds. The lowest BCUT2D eigenvalue weighted by molar-refractivity contribution is -0.146. The molecule has 0 aliphatic carbocycles. The van der Waals surface area contributed by atoms with Crippen LogP contribution in [0, 0.1) is 0 Å². The third-order valence-electron chi connectivity index (χ3n) is 2.58. The molecule has 0 aliphatic heterocycles. The number of imidazole rings is 1. The molecule has 0 bridgehead atoms. The maximum absolute atomic E-state index is 12.0. The predicted octanol–water partition coefficient (Wildman–Crippen LogP) is 1.36. The first-order valence-corrected chi connectivity index (χ1v) is 6.26. The van der Waals surface area contributed by atoms with Crippen LogP contribution in [0.3, 0.4) is 0 Å². The molecule has 20 heavy (non-hydrogen) atoms. The van der Waals surface area contributed by atoms with Crippen LogP contribution < -0.4 is 0 Å². The predicted molar refractivity (Wildman–Crippen MR) is 72.1 cm³/mol. The van der Waals surface area contributed by atoms with Gasteiger partial charge in [0.15, 0.2) is 0 Å². The van der Waals surface area contributed by atoms with Crippen molar-refractivity contribution in [3.8, 4) is 0 Å². The van der Waals surface area contributed by atoms with E-state index in [9.17, 15) is 9.59 Å². The zero-order valence-corrected chi connectivity index (χ0v) is 12.5. The van der Waals surface area contributed by atoms with Crippen molar-refractivity contribution in [2.75, 3.05) is 14.2 Å². The zero-order chi connectivity index (χ0) is 15.3. The quantitative estimate of drug-likeness (QED) is 0.843. The molecule has 1 atom stereocenters. The van der Waals surface area contributed by atoms with Crippen molar-refractivity contribution in [3.63, 3.8) is 0 Å². The highest BCUT2D eigenvalue weighted by molar-refractivity contribution is 5.81. The van der Waals surface area contributed by atoms with Gasteiger partial charge >= 0.3 is 12.1 Å². The summed E-state index contributed by atoms with van der Waals surface area (Å²) in [6.07, 6.45) is 2.85. The average molecular weight is 283 g/mol. The Morgan fingerprint density at radius 1 is 1.45 bits per heavy atom. The largest absolute Gasteiger partial charge is 0.467 e. The SMILES string of the molecule is COC(=O)[C@H](Cc1c[nH]cn1)N(C)C(=O)OC(C)(C)C. The Hall–Kier alpha value is -2.05. The molecule has 0 spiro atoms. The van der Waals surface area contributed by atoms with Gasteiger partial charge in [0.25, 0.3) is 0 Å². The van der Waals surface area contributed by atoms with E-state index in [1.54, 1.807) is 27.0 Å². The van der Waals surface area contributed by atoms with Crippen LogP contribution >= 0.6 is 0 Å². The highest BCUT2D eigenvalue weighted by atomic mass is 16.6. The Kier molecular flexibility index (Phi) is 5.12. The second-order valence-electron chi connectivity index (χ2n) is 5.39. The van der Waals surface area contributed by atoms with Crippen LogP contribution in [0.15, 0.2) is 12.5 Å². The summed E-state index contributed by atoms with van der Waals surface area (Å²) in [6.45, 7) is 5.29. The number of carbonyl (C=O) groups is 2. The number of H-pyrrole nitrogens is 1. The van der Waals surface area contributed by atoms with Crippen LogP contribution in [-0.4, -0.2) is 52.7 Å². The third-order valence-corrected chi connectivity index (χ3v) is 2.58. The molecule has 1 heterocycles. The van der Waals surface area contributed by atoms with E-state index in [2.05, 4.69) is 9.97 Å². The number of aromatic nitrogens is 2. The maximum atomic E-state index is 12.0. The van der Waals surface area contributed by atoms with Crippen molar-refractivity contribution in [2.45, 2.75) is 38.8 Å². The molecule has 1 rings (SSSR count). The van der Waals surface area contributed by atoms with E-state index in [1.807, 2.05) is 0 Å². The molecular weight excluding hydrogens is 262 g/mol. The summed E-state index contributed by atoms with van der Waals surface area (Å²) in [5, 5.41) is 0. The van der Waals surface area contributed by atoms with Crippen molar-refractivity contribution in [3.05, 3.63) is 18.2 Å². The summed E-state index contributed by atoms with van der Waals surface area (Å²) in [4.78, 5) is 31.9. The van der Waals surface area contributed by atoms with Gasteiger partial charge in [-0.25, -0.2) is 14.6 Å². The van der Waals surface area contributed by atoms with Gasteiger partial charge in [0, 0.05) is 19.7 Å². The van der Waals surface area contributed by atoms with Gasteiger partial charge in [0.05, 0.1) is 19.1 Å². The van der Waals surface area contributed by atoms with E-state index in [-0.39, 0.29) is 6.42 Å². The van der Waals surface area contributed by atoms with Gasteiger partial charge in [-0.05, 0) is 20.8 Å². The van der Waals surface area contributed by atoms with E-state index in [4.69, 9.17) is 9.47 Å². The standard InChI is InChI=1S/C13H21N3O4/c1-13(2,3)20-12(18)16(4)10(11(17)19-5)6-9-7-14-8-15-9/h7-8,10H,6H2,1-5H3,(H,14,15)/t10-/m0/s1. The second kappa shape index (κ2) is 6.40. The topological polar surface area (TPSA) is 84.5 Å². The van der Waals surface area contributed by atoms with Crippen LogP contribution in [0.25, 0.3) is 0 Å². The Morgan fingerprint density at radius 2 is 2.10 bits per heavy atom. The number of aromatic amines is 1. The van der Waals surface area contributed by atoms with Crippen molar-refractivity contribution < 1.29 is 19.1 Å². The van der Waals surface area contributed by atoms with Gasteiger partial charge in [0.2, 0.25) is 0 Å². The Balaban J connectivity index is 2.82. The lowest BCUT2D eigenvalue weighted by Gasteiger charge is -2.28. The number of nitrogens with zero attached hydrogens (tertiary/aromatic N) is 2. The van der Waals surface area contributed by atoms with Gasteiger partial charge in [0.1, 0.15) is 11.6 Å². The minimum absolute atomic E-state index is 0.256. The molecule has 7 heteroatoms. The normalized spacial score (nSPS) is 12.7. The first-order valence-electron chi connectivity index (χ1n) is 6.26. The van der Waals surface area contributed by atoms with Crippen LogP contribution in [0.4, 0.5) is 4.79 Å². The van der Waals surface area contributed by atoms with Gasteiger partial charge in [-0.1, -0.05) is 0 Å². The van der Waals surface area contributed by atoms with Crippen LogP contribution in [0.5, 0.6) is 0 Å². The van der Waals surface area contributed by atoms with Crippen molar-refractivity contribution >= 4 is 12.1 Å². The van der Waals surface area contributed by atoms with Crippen LogP contribution in [0.1, 0.15) is 26.5 Å². The molecule has 7 nitrogen and oxygen atoms in total. The minimum Gasteiger partial charge on any atom is -0.467 e. The van der Waals surface area contributed by atoms with E-state index >= 15 is 0 Å². The van der Waals surface area contributed by atoms with Crippen molar-refractivity contribution in [1.29, 1.82) is 0 Å². The number of carbonyl (C=O) groups excluding carboxylic acids is 2. The number of rotatable bonds is 4. The number of hydrogen-bond acceptors (Lipinski definition) is 5. The molecule has 0 aromatic carbocycles. The Bertz CT molecular complexity index is 451. The van der Waals surface area contributed by atoms with Gasteiger partial charge in [-0.15, -0.1) is 0 Å². The molecule has 0 radical (unpaired) electrons. The summed E-state index contributed by atoms with van der Waals surface area (Å²) in [7, 11) is 2.78. The fourth-order valence-electron chi connectivity index (χ4n) is 1.58. The average Bonchev–Trinajstić information content (AvgIpc) is 2.85. The van der Waals surface area contributed by atoms with Crippen molar-refractivity contribution in [2.24, 2.45) is 0 Å². The monoisotopic (exact) mass is 283 g/mol. The van der Waals surface area contributed by atoms with Crippen molar-refractivity contribution in [1.82, 2.24) is 14.9 Å². The lowest BCUT2D eigenvalue weighted by atomic mass is 10.1. The fraction of sp³-hybridized carbons (Fsp3) is 0.615. The molecular formula is C13H21N3O4. The number of likely N-dealkylation sites (N-methyl/N-ethyl adjacent to an activating group) is 1. The van der Waals surface area contributed by atoms with Crippen LogP contribution in [0.2, 0.25) is 0 Å². The Morgan fingerprint density at radius 3 is 2.55 bits per heavy atom. The number of amides is 1. The number of esters is 1.